The fourth-order valence-corrected chi connectivity index (χ4v) is 3.94. The van der Waals surface area contributed by atoms with Crippen molar-refractivity contribution in [1.29, 1.82) is 0 Å². The Kier molecular flexibility index (Phi) is 2.72. The number of hydrogen-bond donors (Lipinski definition) is 1. The van der Waals surface area contributed by atoms with Gasteiger partial charge in [-0.2, -0.15) is 16.7 Å². The van der Waals surface area contributed by atoms with Gasteiger partial charge in [0.05, 0.1) is 5.25 Å². The molecule has 1 aromatic heterocycles. The average Bonchev–Trinajstić information content (AvgIpc) is 3.17. The molecular weight excluding hydrogens is 258 g/mol. The van der Waals surface area contributed by atoms with Crippen molar-refractivity contribution in [2.75, 3.05) is 11.1 Å². The van der Waals surface area contributed by atoms with Crippen LogP contribution in [0.4, 0.5) is 5.69 Å². The lowest BCUT2D eigenvalue weighted by atomic mass is 10.1. The first-order valence-electron chi connectivity index (χ1n) is 6.70. The number of rotatable bonds is 2. The normalized spacial score (nSPS) is 25.3. The highest BCUT2D eigenvalue weighted by Gasteiger charge is 2.29. The van der Waals surface area contributed by atoms with E-state index in [1.807, 2.05) is 17.8 Å². The van der Waals surface area contributed by atoms with Gasteiger partial charge in [0, 0.05) is 12.1 Å². The van der Waals surface area contributed by atoms with Crippen molar-refractivity contribution in [3.8, 4) is 0 Å². The molecule has 2 unspecified atom stereocenters. The average molecular weight is 273 g/mol. The smallest absolute Gasteiger partial charge is 0.249 e. The monoisotopic (exact) mass is 273 g/mol. The number of nitrogens with zero attached hydrogens (tertiary/aromatic N) is 2. The van der Waals surface area contributed by atoms with E-state index in [0.29, 0.717) is 5.25 Å². The molecule has 0 bridgehead atoms. The minimum Gasteiger partial charge on any atom is -0.373 e. The third-order valence-electron chi connectivity index (χ3n) is 3.74. The number of fused-ring (bicyclic) bond motifs is 1. The second kappa shape index (κ2) is 4.56. The predicted octanol–water partition coefficient (Wildman–Crippen LogP) is 3.35. The summed E-state index contributed by atoms with van der Waals surface area (Å²) in [5, 5.41) is 8.04. The number of para-hydroxylation sites is 1. The summed E-state index contributed by atoms with van der Waals surface area (Å²) in [6.45, 7) is 0. The molecule has 0 amide bonds. The van der Waals surface area contributed by atoms with Crippen molar-refractivity contribution < 1.29 is 4.52 Å². The molecule has 0 saturated carbocycles. The van der Waals surface area contributed by atoms with Gasteiger partial charge in [0.15, 0.2) is 5.82 Å². The highest BCUT2D eigenvalue weighted by atomic mass is 32.2. The third kappa shape index (κ3) is 2.02. The second-order valence-corrected chi connectivity index (χ2v) is 6.36. The van der Waals surface area contributed by atoms with Crippen LogP contribution in [0.5, 0.6) is 0 Å². The van der Waals surface area contributed by atoms with Crippen LogP contribution in [-0.4, -0.2) is 15.9 Å². The Hall–Kier alpha value is -1.49. The molecule has 2 aliphatic rings. The molecule has 0 spiro atoms. The Bertz CT molecular complexity index is 567. The Balaban J connectivity index is 1.55. The lowest BCUT2D eigenvalue weighted by Crippen LogP contribution is -2.06. The van der Waals surface area contributed by atoms with Gasteiger partial charge in [0.25, 0.3) is 0 Å². The quantitative estimate of drug-likeness (QED) is 0.909. The Morgan fingerprint density at radius 1 is 1.32 bits per heavy atom. The predicted molar refractivity (Wildman–Crippen MR) is 75.2 cm³/mol. The molecule has 5 heteroatoms. The van der Waals surface area contributed by atoms with Gasteiger partial charge < -0.3 is 9.84 Å². The van der Waals surface area contributed by atoms with E-state index < -0.39 is 0 Å². The first-order chi connectivity index (χ1) is 9.40. The molecule has 2 atom stereocenters. The van der Waals surface area contributed by atoms with E-state index in [2.05, 4.69) is 33.7 Å². The minimum atomic E-state index is 0.130. The van der Waals surface area contributed by atoms with Crippen LogP contribution in [0.2, 0.25) is 0 Å². The zero-order chi connectivity index (χ0) is 12.7. The third-order valence-corrected chi connectivity index (χ3v) is 5.12. The molecule has 0 aliphatic carbocycles. The Morgan fingerprint density at radius 2 is 2.26 bits per heavy atom. The minimum absolute atomic E-state index is 0.130. The fraction of sp³-hybridized carbons (Fsp3) is 0.429. The van der Waals surface area contributed by atoms with Crippen LogP contribution >= 0.6 is 11.8 Å². The number of anilines is 1. The van der Waals surface area contributed by atoms with Crippen LogP contribution in [0.25, 0.3) is 0 Å². The maximum Gasteiger partial charge on any atom is 0.249 e. The molecule has 1 fully saturated rings. The summed E-state index contributed by atoms with van der Waals surface area (Å²) in [4.78, 5) is 4.60. The van der Waals surface area contributed by atoms with Crippen LogP contribution in [0, 0.1) is 0 Å². The van der Waals surface area contributed by atoms with Crippen LogP contribution in [0.1, 0.15) is 41.4 Å². The second-order valence-electron chi connectivity index (χ2n) is 5.05. The molecule has 4 rings (SSSR count). The van der Waals surface area contributed by atoms with Crippen LogP contribution in [0.15, 0.2) is 28.8 Å². The molecule has 19 heavy (non-hydrogen) atoms. The number of nitrogens with one attached hydrogen (secondary N) is 1. The van der Waals surface area contributed by atoms with E-state index in [-0.39, 0.29) is 6.04 Å². The maximum atomic E-state index is 5.46. The topological polar surface area (TPSA) is 51.0 Å². The van der Waals surface area contributed by atoms with E-state index in [9.17, 15) is 0 Å². The van der Waals surface area contributed by atoms with Gasteiger partial charge in [-0.3, -0.25) is 0 Å². The lowest BCUT2D eigenvalue weighted by molar-refractivity contribution is 0.359. The van der Waals surface area contributed by atoms with Gasteiger partial charge in [-0.25, -0.2) is 0 Å². The fourth-order valence-electron chi connectivity index (χ4n) is 2.75. The summed E-state index contributed by atoms with van der Waals surface area (Å²) in [6.07, 6.45) is 3.35. The largest absolute Gasteiger partial charge is 0.373 e. The molecule has 4 nitrogen and oxygen atoms in total. The zero-order valence-corrected chi connectivity index (χ0v) is 11.3. The van der Waals surface area contributed by atoms with Crippen molar-refractivity contribution in [2.24, 2.45) is 0 Å². The highest BCUT2D eigenvalue weighted by molar-refractivity contribution is 7.99. The maximum absolute atomic E-state index is 5.46. The van der Waals surface area contributed by atoms with Gasteiger partial charge >= 0.3 is 0 Å². The van der Waals surface area contributed by atoms with E-state index in [1.54, 1.807) is 0 Å². The summed E-state index contributed by atoms with van der Waals surface area (Å²) in [6, 6.07) is 8.48. The van der Waals surface area contributed by atoms with Gasteiger partial charge in [0.2, 0.25) is 5.89 Å². The SMILES string of the molecule is c1ccc2c(c1)CC(c1nc(C3CCCS3)no1)N2. The van der Waals surface area contributed by atoms with E-state index >= 15 is 0 Å². The van der Waals surface area contributed by atoms with Crippen LogP contribution < -0.4 is 5.32 Å². The molecule has 1 N–H and O–H groups in total. The molecule has 2 aromatic rings. The van der Waals surface area contributed by atoms with Crippen molar-refractivity contribution in [3.63, 3.8) is 0 Å². The Labute approximate surface area is 116 Å². The Morgan fingerprint density at radius 3 is 3.11 bits per heavy atom. The summed E-state index contributed by atoms with van der Waals surface area (Å²) in [7, 11) is 0. The molecule has 0 radical (unpaired) electrons. The lowest BCUT2D eigenvalue weighted by Gasteiger charge is -2.04. The standard InChI is InChI=1S/C14H15N3OS/c1-2-5-10-9(4-1)8-11(15-10)14-16-13(17-18-14)12-6-3-7-19-12/h1-2,4-5,11-12,15H,3,6-8H2. The van der Waals surface area contributed by atoms with Gasteiger partial charge in [-0.15, -0.1) is 0 Å². The van der Waals surface area contributed by atoms with E-state index in [4.69, 9.17) is 4.52 Å². The van der Waals surface area contributed by atoms with E-state index in [1.165, 1.54) is 29.8 Å². The first-order valence-corrected chi connectivity index (χ1v) is 7.74. The molecule has 1 aromatic carbocycles. The molecule has 2 aliphatic heterocycles. The van der Waals surface area contributed by atoms with E-state index in [0.717, 1.165) is 18.1 Å². The number of hydrogen-bond acceptors (Lipinski definition) is 5. The summed E-state index contributed by atoms with van der Waals surface area (Å²) >= 11 is 1.93. The molecule has 1 saturated heterocycles. The zero-order valence-electron chi connectivity index (χ0n) is 10.5. The van der Waals surface area contributed by atoms with Gasteiger partial charge in [0.1, 0.15) is 6.04 Å². The van der Waals surface area contributed by atoms with Crippen molar-refractivity contribution >= 4 is 17.4 Å². The number of thioether (sulfide) groups is 1. The molecular formula is C14H15N3OS. The summed E-state index contributed by atoms with van der Waals surface area (Å²) in [5.41, 5.74) is 2.50. The summed E-state index contributed by atoms with van der Waals surface area (Å²) < 4.78 is 5.46. The molecule has 98 valence electrons. The van der Waals surface area contributed by atoms with Gasteiger partial charge in [-0.1, -0.05) is 23.4 Å². The van der Waals surface area contributed by atoms with Gasteiger partial charge in [-0.05, 0) is 30.2 Å². The van der Waals surface area contributed by atoms with Crippen LogP contribution in [-0.2, 0) is 6.42 Å². The molecule has 3 heterocycles. The number of aromatic nitrogens is 2. The van der Waals surface area contributed by atoms with Crippen LogP contribution in [0.3, 0.4) is 0 Å². The number of benzene rings is 1. The highest BCUT2D eigenvalue weighted by Crippen LogP contribution is 2.39. The van der Waals surface area contributed by atoms with Crippen molar-refractivity contribution in [3.05, 3.63) is 41.5 Å². The van der Waals surface area contributed by atoms with Crippen molar-refractivity contribution in [2.45, 2.75) is 30.6 Å². The first kappa shape index (κ1) is 11.3. The van der Waals surface area contributed by atoms with Crippen molar-refractivity contribution in [1.82, 2.24) is 10.1 Å². The summed E-state index contributed by atoms with van der Waals surface area (Å²) in [5.74, 6) is 2.80.